The Bertz CT molecular complexity index is 399. The lowest BCUT2D eigenvalue weighted by Crippen LogP contribution is -1.94. The Morgan fingerprint density at radius 3 is 2.79 bits per heavy atom. The highest BCUT2D eigenvalue weighted by molar-refractivity contribution is 5.55. The first-order valence-corrected chi connectivity index (χ1v) is 4.31. The van der Waals surface area contributed by atoms with E-state index in [-0.39, 0.29) is 17.5 Å². The molecular formula is C9H10N2O3. The van der Waals surface area contributed by atoms with Crippen LogP contribution in [0.25, 0.3) is 0 Å². The van der Waals surface area contributed by atoms with Gasteiger partial charge in [0, 0.05) is 24.2 Å². The van der Waals surface area contributed by atoms with Crippen LogP contribution in [0.3, 0.4) is 0 Å². The van der Waals surface area contributed by atoms with Gasteiger partial charge in [-0.25, -0.2) is 0 Å². The highest BCUT2D eigenvalue weighted by atomic mass is 16.6. The summed E-state index contributed by atoms with van der Waals surface area (Å²) in [6.45, 7) is 2.55. The van der Waals surface area contributed by atoms with Gasteiger partial charge in [-0.1, -0.05) is 6.07 Å². The van der Waals surface area contributed by atoms with Crippen molar-refractivity contribution in [1.29, 1.82) is 0 Å². The third kappa shape index (κ3) is 1.42. The third-order valence-electron chi connectivity index (χ3n) is 2.24. The third-order valence-corrected chi connectivity index (χ3v) is 2.24. The molecule has 74 valence electrons. The smallest absolute Gasteiger partial charge is 0.311 e. The van der Waals surface area contributed by atoms with Gasteiger partial charge in [0.2, 0.25) is 0 Å². The van der Waals surface area contributed by atoms with Gasteiger partial charge in [-0.15, -0.1) is 0 Å². The molecule has 0 spiro atoms. The van der Waals surface area contributed by atoms with Crippen LogP contribution in [0.5, 0.6) is 5.75 Å². The SMILES string of the molecule is Cc1cc([C@H]2CN2)c(O)c([N+](=O)[O-])c1. The summed E-state index contributed by atoms with van der Waals surface area (Å²) in [6, 6.07) is 3.22. The molecule has 2 N–H and O–H groups in total. The average molecular weight is 194 g/mol. The van der Waals surface area contributed by atoms with Crippen molar-refractivity contribution in [2.45, 2.75) is 13.0 Å². The molecule has 1 saturated heterocycles. The molecule has 1 atom stereocenters. The molecule has 1 aliphatic rings. The van der Waals surface area contributed by atoms with E-state index in [4.69, 9.17) is 0 Å². The molecule has 5 nitrogen and oxygen atoms in total. The first-order valence-electron chi connectivity index (χ1n) is 4.31. The topological polar surface area (TPSA) is 85.3 Å². The summed E-state index contributed by atoms with van der Waals surface area (Å²) in [5.41, 5.74) is 1.20. The normalized spacial score (nSPS) is 19.4. The molecule has 0 unspecified atom stereocenters. The zero-order chi connectivity index (χ0) is 10.3. The lowest BCUT2D eigenvalue weighted by Gasteiger charge is -2.04. The summed E-state index contributed by atoms with van der Waals surface area (Å²) in [5, 5.41) is 23.2. The summed E-state index contributed by atoms with van der Waals surface area (Å²) in [4.78, 5) is 10.0. The molecule has 14 heavy (non-hydrogen) atoms. The number of rotatable bonds is 2. The number of nitro groups is 1. The highest BCUT2D eigenvalue weighted by Gasteiger charge is 2.29. The van der Waals surface area contributed by atoms with Crippen molar-refractivity contribution >= 4 is 5.69 Å². The van der Waals surface area contributed by atoms with Gasteiger partial charge in [0.05, 0.1) is 4.92 Å². The van der Waals surface area contributed by atoms with Gasteiger partial charge in [0.15, 0.2) is 5.75 Å². The van der Waals surface area contributed by atoms with E-state index in [1.807, 2.05) is 0 Å². The van der Waals surface area contributed by atoms with Crippen molar-refractivity contribution in [3.8, 4) is 5.75 Å². The zero-order valence-electron chi connectivity index (χ0n) is 7.65. The fraction of sp³-hybridized carbons (Fsp3) is 0.333. The first-order chi connectivity index (χ1) is 6.59. The quantitative estimate of drug-likeness (QED) is 0.421. The van der Waals surface area contributed by atoms with E-state index in [1.165, 1.54) is 6.07 Å². The molecule has 2 rings (SSSR count). The van der Waals surface area contributed by atoms with E-state index in [9.17, 15) is 15.2 Å². The Hall–Kier alpha value is -1.62. The molecule has 1 aromatic rings. The Kier molecular flexibility index (Phi) is 1.89. The monoisotopic (exact) mass is 194 g/mol. The fourth-order valence-electron chi connectivity index (χ4n) is 1.47. The van der Waals surface area contributed by atoms with Crippen LogP contribution in [0.15, 0.2) is 12.1 Å². The molecule has 0 aliphatic carbocycles. The van der Waals surface area contributed by atoms with Crippen LogP contribution in [0.4, 0.5) is 5.69 Å². The predicted molar refractivity (Wildman–Crippen MR) is 50.2 cm³/mol. The van der Waals surface area contributed by atoms with Gasteiger partial charge in [0.1, 0.15) is 0 Å². The standard InChI is InChI=1S/C9H10N2O3/c1-5-2-6(7-4-10-7)9(12)8(3-5)11(13)14/h2-3,7,10,12H,4H2,1H3/t7-/m1/s1. The molecule has 1 aromatic carbocycles. The van der Waals surface area contributed by atoms with Crippen molar-refractivity contribution < 1.29 is 10.0 Å². The minimum atomic E-state index is -0.561. The number of nitrogens with one attached hydrogen (secondary N) is 1. The molecule has 1 fully saturated rings. The summed E-state index contributed by atoms with van der Waals surface area (Å²) in [7, 11) is 0. The fourth-order valence-corrected chi connectivity index (χ4v) is 1.47. The molecule has 5 heteroatoms. The zero-order valence-corrected chi connectivity index (χ0v) is 7.65. The average Bonchev–Trinajstić information content (AvgIpc) is 2.91. The molecule has 0 bridgehead atoms. The van der Waals surface area contributed by atoms with Gasteiger partial charge < -0.3 is 10.4 Å². The maximum Gasteiger partial charge on any atom is 0.311 e. The minimum Gasteiger partial charge on any atom is -0.502 e. The van der Waals surface area contributed by atoms with Gasteiger partial charge >= 0.3 is 5.69 Å². The van der Waals surface area contributed by atoms with E-state index in [1.54, 1.807) is 13.0 Å². The minimum absolute atomic E-state index is 0.0774. The lowest BCUT2D eigenvalue weighted by atomic mass is 10.1. The molecular weight excluding hydrogens is 184 g/mol. The Morgan fingerprint density at radius 2 is 2.29 bits per heavy atom. The van der Waals surface area contributed by atoms with Gasteiger partial charge in [-0.2, -0.15) is 0 Å². The van der Waals surface area contributed by atoms with Crippen LogP contribution in [0, 0.1) is 17.0 Å². The van der Waals surface area contributed by atoms with E-state index >= 15 is 0 Å². The molecule has 1 heterocycles. The molecule has 0 aromatic heterocycles. The summed E-state index contributed by atoms with van der Waals surface area (Å²) in [6.07, 6.45) is 0. The van der Waals surface area contributed by atoms with Crippen LogP contribution in [-0.2, 0) is 0 Å². The summed E-state index contributed by atoms with van der Waals surface area (Å²) < 4.78 is 0. The Balaban J connectivity index is 2.55. The maximum atomic E-state index is 10.6. The van der Waals surface area contributed by atoms with E-state index in [2.05, 4.69) is 5.32 Å². The maximum absolute atomic E-state index is 10.6. The van der Waals surface area contributed by atoms with Gasteiger partial charge in [-0.05, 0) is 12.5 Å². The van der Waals surface area contributed by atoms with Crippen LogP contribution < -0.4 is 5.32 Å². The van der Waals surface area contributed by atoms with Crippen molar-refractivity contribution in [3.05, 3.63) is 33.4 Å². The molecule has 0 saturated carbocycles. The first kappa shape index (κ1) is 8.96. The van der Waals surface area contributed by atoms with Crippen LogP contribution >= 0.6 is 0 Å². The molecule has 0 amide bonds. The van der Waals surface area contributed by atoms with Crippen molar-refractivity contribution in [1.82, 2.24) is 5.32 Å². The number of hydrogen-bond acceptors (Lipinski definition) is 4. The number of hydrogen-bond donors (Lipinski definition) is 2. The Morgan fingerprint density at radius 1 is 1.64 bits per heavy atom. The van der Waals surface area contributed by atoms with Crippen molar-refractivity contribution in [3.63, 3.8) is 0 Å². The second kappa shape index (κ2) is 2.95. The highest BCUT2D eigenvalue weighted by Crippen LogP contribution is 2.37. The van der Waals surface area contributed by atoms with Crippen LogP contribution in [0.1, 0.15) is 17.2 Å². The van der Waals surface area contributed by atoms with Crippen molar-refractivity contribution in [2.24, 2.45) is 0 Å². The van der Waals surface area contributed by atoms with Gasteiger partial charge in [0.25, 0.3) is 0 Å². The second-order valence-electron chi connectivity index (χ2n) is 3.44. The van der Waals surface area contributed by atoms with Gasteiger partial charge in [-0.3, -0.25) is 10.1 Å². The van der Waals surface area contributed by atoms with E-state index in [0.717, 1.165) is 12.1 Å². The molecule has 0 radical (unpaired) electrons. The van der Waals surface area contributed by atoms with E-state index in [0.29, 0.717) is 5.56 Å². The lowest BCUT2D eigenvalue weighted by molar-refractivity contribution is -0.386. The number of nitrogens with zero attached hydrogens (tertiary/aromatic N) is 1. The largest absolute Gasteiger partial charge is 0.502 e. The number of aromatic hydroxyl groups is 1. The predicted octanol–water partition coefficient (Wildman–Crippen LogP) is 1.25. The van der Waals surface area contributed by atoms with E-state index < -0.39 is 4.92 Å². The van der Waals surface area contributed by atoms with Crippen LogP contribution in [-0.4, -0.2) is 16.6 Å². The summed E-state index contributed by atoms with van der Waals surface area (Å²) >= 11 is 0. The Labute approximate surface area is 80.5 Å². The number of aryl methyl sites for hydroxylation is 1. The van der Waals surface area contributed by atoms with Crippen molar-refractivity contribution in [2.75, 3.05) is 6.54 Å². The summed E-state index contributed by atoms with van der Waals surface area (Å²) in [5.74, 6) is -0.212. The van der Waals surface area contributed by atoms with Crippen LogP contribution in [0.2, 0.25) is 0 Å². The molecule has 1 aliphatic heterocycles. The number of benzene rings is 1. The number of phenolic OH excluding ortho intramolecular Hbond substituents is 1. The second-order valence-corrected chi connectivity index (χ2v) is 3.44. The number of nitro benzene ring substituents is 1. The number of phenols is 1.